The van der Waals surface area contributed by atoms with Gasteiger partial charge in [0.15, 0.2) is 0 Å². The van der Waals surface area contributed by atoms with E-state index in [1.165, 1.54) is 0 Å². The van der Waals surface area contributed by atoms with Crippen LogP contribution in [0.2, 0.25) is 0 Å². The smallest absolute Gasteiger partial charge is 0.0346 e. The predicted molar refractivity (Wildman–Crippen MR) is 65.1 cm³/mol. The van der Waals surface area contributed by atoms with Gasteiger partial charge in [-0.25, -0.2) is 0 Å². The molecule has 0 aliphatic heterocycles. The molecule has 0 saturated heterocycles. The molecule has 1 aromatic carbocycles. The molecule has 0 unspecified atom stereocenters. The van der Waals surface area contributed by atoms with Crippen molar-refractivity contribution in [2.75, 3.05) is 0 Å². The largest absolute Gasteiger partial charge is 0.264 e. The minimum Gasteiger partial charge on any atom is -0.264 e. The third-order valence-electron chi connectivity index (χ3n) is 1.86. The van der Waals surface area contributed by atoms with Crippen LogP contribution in [0.5, 0.6) is 0 Å². The molecule has 0 atom stereocenters. The van der Waals surface area contributed by atoms with E-state index in [1.54, 1.807) is 6.20 Å². The van der Waals surface area contributed by atoms with Crippen molar-refractivity contribution in [1.82, 2.24) is 4.98 Å². The Morgan fingerprint density at radius 2 is 1.64 bits per heavy atom. The molecule has 0 radical (unpaired) electrons. The van der Waals surface area contributed by atoms with Gasteiger partial charge in [-0.05, 0) is 29.8 Å². The third kappa shape index (κ3) is 2.22. The highest BCUT2D eigenvalue weighted by atomic mass is 79.9. The minimum absolute atomic E-state index is 1.06. The van der Waals surface area contributed by atoms with E-state index >= 15 is 0 Å². The number of rotatable bonds is 1. The van der Waals surface area contributed by atoms with Crippen LogP contribution >= 0.6 is 31.9 Å². The molecule has 0 bridgehead atoms. The first-order valence-corrected chi connectivity index (χ1v) is 5.71. The number of nitrogens with zero attached hydrogens (tertiary/aromatic N) is 1. The molecule has 3 heteroatoms. The van der Waals surface area contributed by atoms with Crippen molar-refractivity contribution in [2.24, 2.45) is 0 Å². The van der Waals surface area contributed by atoms with Gasteiger partial charge >= 0.3 is 0 Å². The Morgan fingerprint density at radius 3 is 2.21 bits per heavy atom. The van der Waals surface area contributed by atoms with Gasteiger partial charge in [-0.15, -0.1) is 0 Å². The van der Waals surface area contributed by atoms with Crippen LogP contribution in [0.3, 0.4) is 0 Å². The first-order chi connectivity index (χ1) is 6.75. The monoisotopic (exact) mass is 311 g/mol. The summed E-state index contributed by atoms with van der Waals surface area (Å²) in [6.45, 7) is 0. The van der Waals surface area contributed by atoms with Crippen LogP contribution in [0.25, 0.3) is 11.1 Å². The maximum atomic E-state index is 4.09. The van der Waals surface area contributed by atoms with Crippen LogP contribution in [-0.2, 0) is 0 Å². The van der Waals surface area contributed by atoms with Gasteiger partial charge in [-0.2, -0.15) is 0 Å². The summed E-state index contributed by atoms with van der Waals surface area (Å²) in [5, 5.41) is 0. The number of benzene rings is 1. The maximum absolute atomic E-state index is 4.09. The van der Waals surface area contributed by atoms with Gasteiger partial charge < -0.3 is 0 Å². The fourth-order valence-corrected chi connectivity index (χ4v) is 2.55. The first-order valence-electron chi connectivity index (χ1n) is 4.12. The van der Waals surface area contributed by atoms with Crippen molar-refractivity contribution in [3.05, 3.63) is 51.7 Å². The van der Waals surface area contributed by atoms with E-state index in [9.17, 15) is 0 Å². The molecule has 0 N–H and O–H groups in total. The van der Waals surface area contributed by atoms with Gasteiger partial charge in [0.2, 0.25) is 0 Å². The van der Waals surface area contributed by atoms with E-state index in [-0.39, 0.29) is 0 Å². The topological polar surface area (TPSA) is 12.9 Å². The van der Waals surface area contributed by atoms with Gasteiger partial charge in [-0.3, -0.25) is 4.98 Å². The predicted octanol–water partition coefficient (Wildman–Crippen LogP) is 4.27. The zero-order chi connectivity index (χ0) is 9.97. The van der Waals surface area contributed by atoms with Crippen LogP contribution in [0, 0.1) is 0 Å². The van der Waals surface area contributed by atoms with Gasteiger partial charge in [0.25, 0.3) is 0 Å². The molecule has 14 heavy (non-hydrogen) atoms. The van der Waals surface area contributed by atoms with Gasteiger partial charge in [0.1, 0.15) is 0 Å². The fraction of sp³-hybridized carbons (Fsp3) is 0. The molecule has 0 aliphatic rings. The molecule has 0 aliphatic carbocycles. The van der Waals surface area contributed by atoms with E-state index < -0.39 is 0 Å². The van der Waals surface area contributed by atoms with Crippen LogP contribution in [0.15, 0.2) is 51.7 Å². The number of pyridine rings is 1. The highest BCUT2D eigenvalue weighted by molar-refractivity contribution is 9.11. The lowest BCUT2D eigenvalue weighted by Crippen LogP contribution is -1.79. The van der Waals surface area contributed by atoms with Crippen LogP contribution in [-0.4, -0.2) is 4.98 Å². The van der Waals surface area contributed by atoms with Crippen molar-refractivity contribution in [2.45, 2.75) is 0 Å². The van der Waals surface area contributed by atoms with E-state index in [1.807, 2.05) is 24.4 Å². The molecule has 0 fully saturated rings. The summed E-state index contributed by atoms with van der Waals surface area (Å²) in [5.74, 6) is 0. The molecule has 2 rings (SSSR count). The average molecular weight is 313 g/mol. The van der Waals surface area contributed by atoms with Gasteiger partial charge in [-0.1, -0.05) is 37.9 Å². The Kier molecular flexibility index (Phi) is 2.99. The van der Waals surface area contributed by atoms with Crippen molar-refractivity contribution in [1.29, 1.82) is 0 Å². The minimum atomic E-state index is 1.06. The number of aromatic nitrogens is 1. The summed E-state index contributed by atoms with van der Waals surface area (Å²) in [6.07, 6.45) is 3.63. The molecule has 1 heterocycles. The summed E-state index contributed by atoms with van der Waals surface area (Å²) in [4.78, 5) is 4.09. The highest BCUT2D eigenvalue weighted by Gasteiger charge is 1.99. The van der Waals surface area contributed by atoms with Crippen molar-refractivity contribution >= 4 is 31.9 Å². The Hall–Kier alpha value is -0.670. The van der Waals surface area contributed by atoms with Gasteiger partial charge in [0, 0.05) is 26.9 Å². The molecule has 0 saturated carbocycles. The molecular weight excluding hydrogens is 306 g/mol. The number of hydrogen-bond acceptors (Lipinski definition) is 1. The van der Waals surface area contributed by atoms with E-state index in [0.717, 1.165) is 20.1 Å². The standard InChI is InChI=1S/C11H7Br2N/c12-10-4-9(5-11(13)6-10)8-2-1-3-14-7-8/h1-7H. The highest BCUT2D eigenvalue weighted by Crippen LogP contribution is 2.26. The average Bonchev–Trinajstić information content (AvgIpc) is 2.18. The number of hydrogen-bond donors (Lipinski definition) is 0. The summed E-state index contributed by atoms with van der Waals surface area (Å²) < 4.78 is 2.12. The zero-order valence-corrected chi connectivity index (χ0v) is 10.4. The normalized spacial score (nSPS) is 10.1. The van der Waals surface area contributed by atoms with Crippen LogP contribution in [0.4, 0.5) is 0 Å². The Bertz CT molecular complexity index is 420. The quantitative estimate of drug-likeness (QED) is 0.766. The molecule has 2 aromatic rings. The summed E-state index contributed by atoms with van der Waals surface area (Å²) in [7, 11) is 0. The molecule has 1 aromatic heterocycles. The molecular formula is C11H7Br2N. The number of halogens is 2. The summed E-state index contributed by atoms with van der Waals surface area (Å²) >= 11 is 6.92. The van der Waals surface area contributed by atoms with Crippen molar-refractivity contribution < 1.29 is 0 Å². The van der Waals surface area contributed by atoms with Crippen LogP contribution in [0.1, 0.15) is 0 Å². The lowest BCUT2D eigenvalue weighted by molar-refractivity contribution is 1.33. The second kappa shape index (κ2) is 4.24. The SMILES string of the molecule is Brc1cc(Br)cc(-c2cccnc2)c1. The molecule has 0 spiro atoms. The maximum Gasteiger partial charge on any atom is 0.0346 e. The lowest BCUT2D eigenvalue weighted by atomic mass is 10.1. The van der Waals surface area contributed by atoms with Crippen LogP contribution < -0.4 is 0 Å². The molecule has 0 amide bonds. The first kappa shape index (κ1) is 9.87. The second-order valence-electron chi connectivity index (χ2n) is 2.90. The van der Waals surface area contributed by atoms with E-state index in [0.29, 0.717) is 0 Å². The summed E-state index contributed by atoms with van der Waals surface area (Å²) in [6, 6.07) is 10.1. The van der Waals surface area contributed by atoms with Gasteiger partial charge in [0.05, 0.1) is 0 Å². The van der Waals surface area contributed by atoms with E-state index in [2.05, 4.69) is 49.0 Å². The molecule has 1 nitrogen and oxygen atoms in total. The van der Waals surface area contributed by atoms with E-state index in [4.69, 9.17) is 0 Å². The van der Waals surface area contributed by atoms with Crippen molar-refractivity contribution in [3.63, 3.8) is 0 Å². The molecule has 70 valence electrons. The second-order valence-corrected chi connectivity index (χ2v) is 4.73. The Balaban J connectivity index is 2.52. The Labute approximate surface area is 99.4 Å². The zero-order valence-electron chi connectivity index (χ0n) is 7.24. The van der Waals surface area contributed by atoms with Crippen molar-refractivity contribution in [3.8, 4) is 11.1 Å². The third-order valence-corrected chi connectivity index (χ3v) is 2.77. The summed E-state index contributed by atoms with van der Waals surface area (Å²) in [5.41, 5.74) is 2.27. The fourth-order valence-electron chi connectivity index (χ4n) is 1.25. The Morgan fingerprint density at radius 1 is 0.929 bits per heavy atom. The lowest BCUT2D eigenvalue weighted by Gasteiger charge is -2.02.